The van der Waals surface area contributed by atoms with E-state index in [0.29, 0.717) is 5.92 Å². The second-order valence-electron chi connectivity index (χ2n) is 4.51. The van der Waals surface area contributed by atoms with Gasteiger partial charge < -0.3 is 9.73 Å². The van der Waals surface area contributed by atoms with Crippen LogP contribution >= 0.6 is 0 Å². The lowest BCUT2D eigenvalue weighted by atomic mass is 10.0. The second kappa shape index (κ2) is 4.35. The minimum Gasteiger partial charge on any atom is -0.444 e. The zero-order valence-electron chi connectivity index (χ0n) is 9.79. The number of nitrogens with zero attached hydrogens (tertiary/aromatic N) is 1. The highest BCUT2D eigenvalue weighted by atomic mass is 16.4. The molecule has 15 heavy (non-hydrogen) atoms. The van der Waals surface area contributed by atoms with Crippen molar-refractivity contribution in [3.8, 4) is 0 Å². The van der Waals surface area contributed by atoms with Gasteiger partial charge in [-0.25, -0.2) is 4.98 Å². The van der Waals surface area contributed by atoms with Gasteiger partial charge in [-0.15, -0.1) is 0 Å². The van der Waals surface area contributed by atoms with Crippen molar-refractivity contribution in [1.82, 2.24) is 10.3 Å². The first kappa shape index (κ1) is 10.7. The van der Waals surface area contributed by atoms with Gasteiger partial charge in [0.05, 0.1) is 12.2 Å². The first-order valence-electron chi connectivity index (χ1n) is 5.91. The van der Waals surface area contributed by atoms with Crippen LogP contribution in [0.3, 0.4) is 0 Å². The Morgan fingerprint density at radius 2 is 2.27 bits per heavy atom. The van der Waals surface area contributed by atoms with E-state index in [1.165, 1.54) is 12.8 Å². The Morgan fingerprint density at radius 3 is 2.87 bits per heavy atom. The molecule has 1 saturated carbocycles. The molecule has 1 aliphatic rings. The molecule has 0 spiro atoms. The lowest BCUT2D eigenvalue weighted by Crippen LogP contribution is -2.17. The number of rotatable bonds is 5. The van der Waals surface area contributed by atoms with E-state index in [4.69, 9.17) is 4.42 Å². The molecule has 0 aliphatic heterocycles. The first-order valence-corrected chi connectivity index (χ1v) is 5.91. The van der Waals surface area contributed by atoms with Crippen molar-refractivity contribution >= 4 is 0 Å². The maximum absolute atomic E-state index is 5.79. The molecule has 1 N–H and O–H groups in total. The van der Waals surface area contributed by atoms with Gasteiger partial charge in [-0.05, 0) is 32.2 Å². The van der Waals surface area contributed by atoms with Crippen molar-refractivity contribution < 1.29 is 4.42 Å². The van der Waals surface area contributed by atoms with Crippen LogP contribution in [0, 0.1) is 5.92 Å². The number of oxazole rings is 1. The highest BCUT2D eigenvalue weighted by molar-refractivity contribution is 5.06. The summed E-state index contributed by atoms with van der Waals surface area (Å²) >= 11 is 0. The van der Waals surface area contributed by atoms with E-state index >= 15 is 0 Å². The number of hydrogen-bond donors (Lipinski definition) is 1. The normalized spacial score (nSPS) is 20.2. The van der Waals surface area contributed by atoms with Crippen LogP contribution in [0.2, 0.25) is 0 Å². The summed E-state index contributed by atoms with van der Waals surface area (Å²) in [4.78, 5) is 4.34. The minimum atomic E-state index is 0.218. The van der Waals surface area contributed by atoms with Gasteiger partial charge >= 0.3 is 0 Å². The summed E-state index contributed by atoms with van der Waals surface area (Å²) in [5, 5.41) is 3.30. The van der Waals surface area contributed by atoms with Crippen molar-refractivity contribution in [1.29, 1.82) is 0 Å². The van der Waals surface area contributed by atoms with Crippen molar-refractivity contribution in [2.75, 3.05) is 6.54 Å². The van der Waals surface area contributed by atoms with Crippen LogP contribution in [0.4, 0.5) is 0 Å². The van der Waals surface area contributed by atoms with Crippen LogP contribution in [0.15, 0.2) is 10.6 Å². The fourth-order valence-electron chi connectivity index (χ4n) is 1.93. The zero-order chi connectivity index (χ0) is 10.8. The van der Waals surface area contributed by atoms with Gasteiger partial charge in [-0.1, -0.05) is 13.8 Å². The quantitative estimate of drug-likeness (QED) is 0.808. The summed E-state index contributed by atoms with van der Waals surface area (Å²) in [6, 6.07) is 0.218. The van der Waals surface area contributed by atoms with Crippen LogP contribution < -0.4 is 5.32 Å². The van der Waals surface area contributed by atoms with E-state index in [0.717, 1.165) is 24.1 Å². The largest absolute Gasteiger partial charge is 0.444 e. The molecule has 1 aliphatic carbocycles. The van der Waals surface area contributed by atoms with E-state index in [1.54, 1.807) is 0 Å². The van der Waals surface area contributed by atoms with Crippen molar-refractivity contribution in [3.63, 3.8) is 0 Å². The Bertz CT molecular complexity index is 317. The summed E-state index contributed by atoms with van der Waals surface area (Å²) < 4.78 is 5.79. The van der Waals surface area contributed by atoms with Crippen LogP contribution in [0.1, 0.15) is 57.2 Å². The highest BCUT2D eigenvalue weighted by Crippen LogP contribution is 2.42. The Labute approximate surface area is 91.3 Å². The molecule has 0 amide bonds. The Balaban J connectivity index is 2.02. The predicted octanol–water partition coefficient (Wildman–Crippen LogP) is 2.86. The lowest BCUT2D eigenvalue weighted by Gasteiger charge is -2.08. The molecule has 84 valence electrons. The molecule has 0 saturated heterocycles. The maximum Gasteiger partial charge on any atom is 0.211 e. The van der Waals surface area contributed by atoms with E-state index in [9.17, 15) is 0 Å². The molecular formula is C12H20N2O. The molecule has 0 radical (unpaired) electrons. The minimum absolute atomic E-state index is 0.218. The van der Waals surface area contributed by atoms with Gasteiger partial charge in [0.1, 0.15) is 5.76 Å². The molecular weight excluding hydrogens is 188 g/mol. The van der Waals surface area contributed by atoms with Gasteiger partial charge in [-0.2, -0.15) is 0 Å². The third kappa shape index (κ3) is 2.40. The predicted molar refractivity (Wildman–Crippen MR) is 59.7 cm³/mol. The fraction of sp³-hybridized carbons (Fsp3) is 0.750. The van der Waals surface area contributed by atoms with Crippen molar-refractivity contribution in [2.45, 2.75) is 45.6 Å². The molecule has 3 nitrogen and oxygen atoms in total. The smallest absolute Gasteiger partial charge is 0.211 e. The van der Waals surface area contributed by atoms with Crippen molar-refractivity contribution in [2.24, 2.45) is 5.92 Å². The molecule has 2 atom stereocenters. The Kier molecular flexibility index (Phi) is 3.10. The van der Waals surface area contributed by atoms with Crippen LogP contribution in [0.5, 0.6) is 0 Å². The van der Waals surface area contributed by atoms with Crippen molar-refractivity contribution in [3.05, 3.63) is 17.8 Å². The standard InChI is InChI=1S/C12H20N2O/c1-4-13-9(3)12-14-7-11(15-12)8(2)10-5-6-10/h7-10,13H,4-6H2,1-3H3. The Morgan fingerprint density at radius 1 is 1.53 bits per heavy atom. The summed E-state index contributed by atoms with van der Waals surface area (Å²) in [5.41, 5.74) is 0. The van der Waals surface area contributed by atoms with E-state index in [2.05, 4.69) is 31.1 Å². The van der Waals surface area contributed by atoms with E-state index in [-0.39, 0.29) is 6.04 Å². The maximum atomic E-state index is 5.79. The van der Waals surface area contributed by atoms with Gasteiger partial charge in [-0.3, -0.25) is 0 Å². The molecule has 2 rings (SSSR count). The van der Waals surface area contributed by atoms with E-state index in [1.807, 2.05) is 6.20 Å². The number of nitrogens with one attached hydrogen (secondary N) is 1. The van der Waals surface area contributed by atoms with Crippen LogP contribution in [0.25, 0.3) is 0 Å². The van der Waals surface area contributed by atoms with E-state index < -0.39 is 0 Å². The summed E-state index contributed by atoms with van der Waals surface area (Å²) in [6.45, 7) is 7.35. The summed E-state index contributed by atoms with van der Waals surface area (Å²) in [5.74, 6) is 3.25. The highest BCUT2D eigenvalue weighted by Gasteiger charge is 2.31. The SMILES string of the molecule is CCNC(C)c1ncc(C(C)C2CC2)o1. The third-order valence-corrected chi connectivity index (χ3v) is 3.20. The van der Waals surface area contributed by atoms with Gasteiger partial charge in [0.15, 0.2) is 0 Å². The topological polar surface area (TPSA) is 38.1 Å². The van der Waals surface area contributed by atoms with Gasteiger partial charge in [0, 0.05) is 5.92 Å². The zero-order valence-corrected chi connectivity index (χ0v) is 9.79. The van der Waals surface area contributed by atoms with Gasteiger partial charge in [0.2, 0.25) is 5.89 Å². The average molecular weight is 208 g/mol. The molecule has 3 heteroatoms. The summed E-state index contributed by atoms with van der Waals surface area (Å²) in [7, 11) is 0. The summed E-state index contributed by atoms with van der Waals surface area (Å²) in [6.07, 6.45) is 4.59. The average Bonchev–Trinajstić information content (AvgIpc) is 2.95. The molecule has 1 aromatic heterocycles. The lowest BCUT2D eigenvalue weighted by molar-refractivity contribution is 0.376. The van der Waals surface area contributed by atoms with Gasteiger partial charge in [0.25, 0.3) is 0 Å². The molecule has 1 aromatic rings. The number of aromatic nitrogens is 1. The Hall–Kier alpha value is -0.830. The molecule has 0 bridgehead atoms. The fourth-order valence-corrected chi connectivity index (χ4v) is 1.93. The number of hydrogen-bond acceptors (Lipinski definition) is 3. The molecule has 2 unspecified atom stereocenters. The first-order chi connectivity index (χ1) is 7.22. The second-order valence-corrected chi connectivity index (χ2v) is 4.51. The third-order valence-electron chi connectivity index (χ3n) is 3.20. The van der Waals surface area contributed by atoms with Crippen LogP contribution in [-0.2, 0) is 0 Å². The molecule has 1 heterocycles. The monoisotopic (exact) mass is 208 g/mol. The van der Waals surface area contributed by atoms with Crippen LogP contribution in [-0.4, -0.2) is 11.5 Å². The molecule has 0 aromatic carbocycles. The molecule has 1 fully saturated rings.